The van der Waals surface area contributed by atoms with Crippen LogP contribution in [-0.2, 0) is 9.16 Å². The van der Waals surface area contributed by atoms with Gasteiger partial charge in [0, 0.05) is 6.61 Å². The van der Waals surface area contributed by atoms with E-state index in [0.717, 1.165) is 12.8 Å². The Hall–Kier alpha value is -0.883. The minimum absolute atomic E-state index is 0.156. The molecule has 0 fully saturated rings. The summed E-state index contributed by atoms with van der Waals surface area (Å²) in [6, 6.07) is 0. The lowest BCUT2D eigenvalue weighted by Gasteiger charge is -2.39. The SMILES string of the molecule is CCCC(C)(C)[Si](C)(C)OCCC=C(F)CNC(=O)OC(C)(C)C. The van der Waals surface area contributed by atoms with Crippen LogP contribution in [-0.4, -0.2) is 33.2 Å². The quantitative estimate of drug-likeness (QED) is 0.432. The van der Waals surface area contributed by atoms with Crippen molar-refractivity contribution in [3.8, 4) is 0 Å². The summed E-state index contributed by atoms with van der Waals surface area (Å²) in [7, 11) is -1.83. The number of halogens is 1. The molecular weight excluding hydrogens is 325 g/mol. The van der Waals surface area contributed by atoms with Crippen LogP contribution < -0.4 is 5.32 Å². The number of carbonyl (C=O) groups is 1. The Balaban J connectivity index is 4.21. The number of rotatable bonds is 9. The van der Waals surface area contributed by atoms with Crippen LogP contribution in [0.25, 0.3) is 0 Å². The maximum Gasteiger partial charge on any atom is 0.408 e. The Morgan fingerprint density at radius 3 is 2.29 bits per heavy atom. The van der Waals surface area contributed by atoms with Gasteiger partial charge in [0.15, 0.2) is 8.32 Å². The number of hydrogen-bond acceptors (Lipinski definition) is 3. The van der Waals surface area contributed by atoms with E-state index >= 15 is 0 Å². The molecule has 0 radical (unpaired) electrons. The molecule has 0 unspecified atom stereocenters. The van der Waals surface area contributed by atoms with Gasteiger partial charge in [-0.2, -0.15) is 0 Å². The molecule has 1 N–H and O–H groups in total. The normalized spacial score (nSPS) is 13.8. The van der Waals surface area contributed by atoms with Gasteiger partial charge in [-0.25, -0.2) is 9.18 Å². The molecule has 0 heterocycles. The predicted octanol–water partition coefficient (Wildman–Crippen LogP) is 5.56. The zero-order valence-electron chi connectivity index (χ0n) is 16.7. The minimum atomic E-state index is -1.83. The van der Waals surface area contributed by atoms with Gasteiger partial charge in [0.25, 0.3) is 0 Å². The Labute approximate surface area is 148 Å². The highest BCUT2D eigenvalue weighted by molar-refractivity contribution is 6.74. The zero-order valence-corrected chi connectivity index (χ0v) is 17.7. The lowest BCUT2D eigenvalue weighted by atomic mass is 10.1. The van der Waals surface area contributed by atoms with E-state index in [1.165, 1.54) is 6.08 Å². The molecule has 142 valence electrons. The molecule has 1 amide bonds. The van der Waals surface area contributed by atoms with Crippen molar-refractivity contribution in [2.45, 2.75) is 84.5 Å². The number of amides is 1. The maximum absolute atomic E-state index is 13.7. The summed E-state index contributed by atoms with van der Waals surface area (Å²) in [4.78, 5) is 11.5. The van der Waals surface area contributed by atoms with Crippen molar-refractivity contribution in [2.75, 3.05) is 13.2 Å². The number of ether oxygens (including phenoxy) is 1. The molecule has 0 aromatic carbocycles. The summed E-state index contributed by atoms with van der Waals surface area (Å²) in [6.07, 6.45) is 3.63. The van der Waals surface area contributed by atoms with Gasteiger partial charge < -0.3 is 14.5 Å². The molecule has 0 bridgehead atoms. The molecule has 0 rings (SSSR count). The van der Waals surface area contributed by atoms with Crippen LogP contribution in [0.5, 0.6) is 0 Å². The van der Waals surface area contributed by atoms with Gasteiger partial charge >= 0.3 is 6.09 Å². The highest BCUT2D eigenvalue weighted by Gasteiger charge is 2.39. The standard InChI is InChI=1S/C18H36FNO3Si/c1-9-12-18(5,6)24(7,8)22-13-10-11-15(19)14-20-16(21)23-17(2,3)4/h11H,9-10,12-14H2,1-8H3,(H,20,21). The van der Waals surface area contributed by atoms with E-state index in [0.29, 0.717) is 13.0 Å². The monoisotopic (exact) mass is 361 g/mol. The van der Waals surface area contributed by atoms with Crippen LogP contribution in [0.2, 0.25) is 18.1 Å². The van der Waals surface area contributed by atoms with Gasteiger partial charge in [0.1, 0.15) is 11.4 Å². The van der Waals surface area contributed by atoms with Crippen molar-refractivity contribution in [3.05, 3.63) is 11.9 Å². The van der Waals surface area contributed by atoms with Crippen LogP contribution in [0.1, 0.15) is 60.8 Å². The molecule has 0 saturated carbocycles. The van der Waals surface area contributed by atoms with Gasteiger partial charge in [-0.1, -0.05) is 27.2 Å². The van der Waals surface area contributed by atoms with Gasteiger partial charge in [0.05, 0.1) is 6.54 Å². The Kier molecular flexibility index (Phi) is 9.21. The van der Waals surface area contributed by atoms with Crippen LogP contribution in [0.3, 0.4) is 0 Å². The van der Waals surface area contributed by atoms with E-state index in [4.69, 9.17) is 9.16 Å². The average Bonchev–Trinajstić information content (AvgIpc) is 2.39. The summed E-state index contributed by atoms with van der Waals surface area (Å²) >= 11 is 0. The molecule has 0 saturated heterocycles. The third-order valence-corrected chi connectivity index (χ3v) is 8.69. The van der Waals surface area contributed by atoms with Crippen molar-refractivity contribution >= 4 is 14.4 Å². The number of hydrogen-bond donors (Lipinski definition) is 1. The molecule has 0 aliphatic rings. The van der Waals surface area contributed by atoms with Crippen molar-refractivity contribution in [2.24, 2.45) is 0 Å². The van der Waals surface area contributed by atoms with Gasteiger partial charge in [-0.05, 0) is 57.8 Å². The van der Waals surface area contributed by atoms with Crippen LogP contribution >= 0.6 is 0 Å². The van der Waals surface area contributed by atoms with E-state index in [1.54, 1.807) is 20.8 Å². The first kappa shape index (κ1) is 23.1. The number of nitrogens with one attached hydrogen (secondary N) is 1. The van der Waals surface area contributed by atoms with Crippen molar-refractivity contribution < 1.29 is 18.3 Å². The minimum Gasteiger partial charge on any atom is -0.444 e. The summed E-state index contributed by atoms with van der Waals surface area (Å²) in [5.41, 5.74) is -0.584. The van der Waals surface area contributed by atoms with E-state index in [1.807, 2.05) is 0 Å². The number of alkyl carbamates (subject to hydrolysis) is 1. The molecular formula is C18H36FNO3Si. The fraction of sp³-hybridized carbons (Fsp3) is 0.833. The fourth-order valence-electron chi connectivity index (χ4n) is 2.19. The van der Waals surface area contributed by atoms with Crippen molar-refractivity contribution in [1.29, 1.82) is 0 Å². The second-order valence-electron chi connectivity index (χ2n) is 8.29. The van der Waals surface area contributed by atoms with E-state index in [-0.39, 0.29) is 17.4 Å². The van der Waals surface area contributed by atoms with Crippen LogP contribution in [0.4, 0.5) is 9.18 Å². The molecule has 0 aromatic heterocycles. The zero-order chi connectivity index (χ0) is 19.0. The Morgan fingerprint density at radius 2 is 1.79 bits per heavy atom. The van der Waals surface area contributed by atoms with E-state index < -0.39 is 20.0 Å². The van der Waals surface area contributed by atoms with Gasteiger partial charge in [-0.15, -0.1) is 0 Å². The Morgan fingerprint density at radius 1 is 1.21 bits per heavy atom. The lowest BCUT2D eigenvalue weighted by molar-refractivity contribution is 0.0529. The fourth-order valence-corrected chi connectivity index (χ4v) is 4.06. The average molecular weight is 362 g/mol. The molecule has 0 aliphatic heterocycles. The molecule has 0 aliphatic carbocycles. The molecule has 4 nitrogen and oxygen atoms in total. The Bertz CT molecular complexity index is 428. The van der Waals surface area contributed by atoms with E-state index in [2.05, 4.69) is 39.2 Å². The molecule has 24 heavy (non-hydrogen) atoms. The van der Waals surface area contributed by atoms with Gasteiger partial charge in [0.2, 0.25) is 0 Å². The first-order valence-electron chi connectivity index (χ1n) is 8.76. The van der Waals surface area contributed by atoms with Crippen LogP contribution in [0, 0.1) is 0 Å². The summed E-state index contributed by atoms with van der Waals surface area (Å²) < 4.78 is 24.9. The molecule has 0 atom stereocenters. The first-order chi connectivity index (χ1) is 10.8. The largest absolute Gasteiger partial charge is 0.444 e. The van der Waals surface area contributed by atoms with Crippen molar-refractivity contribution in [1.82, 2.24) is 5.32 Å². The second kappa shape index (κ2) is 9.56. The van der Waals surface area contributed by atoms with Crippen LogP contribution in [0.15, 0.2) is 11.9 Å². The summed E-state index contributed by atoms with van der Waals surface area (Å²) in [6.45, 7) is 16.8. The second-order valence-corrected chi connectivity index (χ2v) is 13.0. The lowest BCUT2D eigenvalue weighted by Crippen LogP contribution is -2.42. The smallest absolute Gasteiger partial charge is 0.408 e. The topological polar surface area (TPSA) is 47.6 Å². The third-order valence-electron chi connectivity index (χ3n) is 4.25. The van der Waals surface area contributed by atoms with Crippen molar-refractivity contribution in [3.63, 3.8) is 0 Å². The highest BCUT2D eigenvalue weighted by Crippen LogP contribution is 2.41. The van der Waals surface area contributed by atoms with E-state index in [9.17, 15) is 9.18 Å². The molecule has 0 aromatic rings. The summed E-state index contributed by atoms with van der Waals surface area (Å²) in [5, 5.41) is 2.60. The highest BCUT2D eigenvalue weighted by atomic mass is 28.4. The first-order valence-corrected chi connectivity index (χ1v) is 11.7. The van der Waals surface area contributed by atoms with Gasteiger partial charge in [-0.3, -0.25) is 0 Å². The number of carbonyl (C=O) groups excluding carboxylic acids is 1. The molecule has 0 spiro atoms. The maximum atomic E-state index is 13.7. The summed E-state index contributed by atoms with van der Waals surface area (Å²) in [5.74, 6) is -0.378. The molecule has 6 heteroatoms. The third kappa shape index (κ3) is 9.42. The predicted molar refractivity (Wildman–Crippen MR) is 100 cm³/mol.